The summed E-state index contributed by atoms with van der Waals surface area (Å²) >= 11 is 1.10. The molecular formula is C8H6F2N4S. The monoisotopic (exact) mass is 228 g/mol. The molecule has 1 N–H and O–H groups in total. The summed E-state index contributed by atoms with van der Waals surface area (Å²) in [4.78, 5) is 0. The summed E-state index contributed by atoms with van der Waals surface area (Å²) in [7, 11) is 0. The number of halogens is 2. The lowest BCUT2D eigenvalue weighted by Gasteiger charge is -2.02. The van der Waals surface area contributed by atoms with Gasteiger partial charge in [-0.1, -0.05) is 15.7 Å². The standard InChI is InChI=1S/C8H6F2N4S/c9-6-2-1-5(3-7(6)10)4-11-8-12-13-14-15-8/h1-3H,4H2,(H,11,12,14). The van der Waals surface area contributed by atoms with Crippen molar-refractivity contribution in [2.45, 2.75) is 6.54 Å². The lowest BCUT2D eigenvalue weighted by Crippen LogP contribution is -2.00. The van der Waals surface area contributed by atoms with Crippen LogP contribution < -0.4 is 5.32 Å². The minimum atomic E-state index is -0.857. The van der Waals surface area contributed by atoms with Gasteiger partial charge in [-0.25, -0.2) is 8.78 Å². The first-order chi connectivity index (χ1) is 7.25. The van der Waals surface area contributed by atoms with E-state index in [9.17, 15) is 8.78 Å². The first-order valence-electron chi connectivity index (χ1n) is 4.08. The Morgan fingerprint density at radius 2 is 2.13 bits per heavy atom. The van der Waals surface area contributed by atoms with Crippen LogP contribution in [0.4, 0.5) is 13.9 Å². The third-order valence-electron chi connectivity index (χ3n) is 1.73. The largest absolute Gasteiger partial charge is 0.355 e. The predicted molar refractivity (Wildman–Crippen MR) is 51.4 cm³/mol. The second-order valence-electron chi connectivity index (χ2n) is 2.77. The van der Waals surface area contributed by atoms with Crippen molar-refractivity contribution in [3.8, 4) is 0 Å². The van der Waals surface area contributed by atoms with E-state index in [2.05, 4.69) is 20.1 Å². The number of hydrogen-bond acceptors (Lipinski definition) is 5. The van der Waals surface area contributed by atoms with E-state index in [-0.39, 0.29) is 0 Å². The number of anilines is 1. The van der Waals surface area contributed by atoms with Gasteiger partial charge in [-0.15, -0.1) is 0 Å². The average Bonchev–Trinajstić information content (AvgIpc) is 2.73. The maximum absolute atomic E-state index is 12.8. The minimum Gasteiger partial charge on any atom is -0.355 e. The van der Waals surface area contributed by atoms with Gasteiger partial charge in [-0.3, -0.25) is 0 Å². The van der Waals surface area contributed by atoms with Crippen LogP contribution in [-0.2, 0) is 6.54 Å². The molecule has 0 saturated heterocycles. The van der Waals surface area contributed by atoms with Crippen molar-refractivity contribution >= 4 is 16.7 Å². The summed E-state index contributed by atoms with van der Waals surface area (Å²) in [6.07, 6.45) is 0. The molecule has 0 amide bonds. The van der Waals surface area contributed by atoms with Crippen LogP contribution in [0, 0.1) is 11.6 Å². The summed E-state index contributed by atoms with van der Waals surface area (Å²) in [5.74, 6) is -1.71. The number of hydrogen-bond donors (Lipinski definition) is 1. The topological polar surface area (TPSA) is 50.7 Å². The van der Waals surface area contributed by atoms with E-state index in [0.717, 1.165) is 23.7 Å². The van der Waals surface area contributed by atoms with Crippen molar-refractivity contribution in [2.24, 2.45) is 0 Å². The maximum atomic E-state index is 12.8. The van der Waals surface area contributed by atoms with Crippen LogP contribution in [0.25, 0.3) is 0 Å². The van der Waals surface area contributed by atoms with Crippen LogP contribution >= 0.6 is 11.5 Å². The molecule has 0 spiro atoms. The SMILES string of the molecule is Fc1ccc(CNc2nnns2)cc1F. The zero-order valence-corrected chi connectivity index (χ0v) is 8.26. The van der Waals surface area contributed by atoms with Crippen molar-refractivity contribution < 1.29 is 8.78 Å². The molecule has 1 aromatic heterocycles. The van der Waals surface area contributed by atoms with Crippen molar-refractivity contribution in [2.75, 3.05) is 5.32 Å². The zero-order valence-electron chi connectivity index (χ0n) is 7.44. The van der Waals surface area contributed by atoms with Gasteiger partial charge in [0.25, 0.3) is 0 Å². The van der Waals surface area contributed by atoms with Crippen LogP contribution in [0.3, 0.4) is 0 Å². The summed E-state index contributed by atoms with van der Waals surface area (Å²) in [5.41, 5.74) is 0.629. The molecule has 0 radical (unpaired) electrons. The fourth-order valence-corrected chi connectivity index (χ4v) is 1.39. The van der Waals surface area contributed by atoms with Gasteiger partial charge in [-0.2, -0.15) is 0 Å². The van der Waals surface area contributed by atoms with Crippen molar-refractivity contribution in [1.82, 2.24) is 14.8 Å². The van der Waals surface area contributed by atoms with Gasteiger partial charge in [0, 0.05) is 18.1 Å². The van der Waals surface area contributed by atoms with Crippen LogP contribution in [-0.4, -0.2) is 14.8 Å². The van der Waals surface area contributed by atoms with Gasteiger partial charge in [-0.05, 0) is 22.9 Å². The second kappa shape index (κ2) is 4.26. The van der Waals surface area contributed by atoms with E-state index in [1.54, 1.807) is 0 Å². The van der Waals surface area contributed by atoms with Crippen LogP contribution in [0.1, 0.15) is 5.56 Å². The summed E-state index contributed by atoms with van der Waals surface area (Å²) in [5, 5.41) is 10.5. The number of aromatic nitrogens is 3. The van der Waals surface area contributed by atoms with Crippen molar-refractivity contribution in [3.63, 3.8) is 0 Å². The quantitative estimate of drug-likeness (QED) is 0.870. The Hall–Kier alpha value is -1.63. The molecule has 2 aromatic rings. The Balaban J connectivity index is 2.02. The van der Waals surface area contributed by atoms with Crippen LogP contribution in [0.15, 0.2) is 18.2 Å². The van der Waals surface area contributed by atoms with Crippen LogP contribution in [0.2, 0.25) is 0 Å². The molecule has 0 fully saturated rings. The first-order valence-corrected chi connectivity index (χ1v) is 4.86. The van der Waals surface area contributed by atoms with Gasteiger partial charge >= 0.3 is 0 Å². The van der Waals surface area contributed by atoms with Gasteiger partial charge in [0.05, 0.1) is 0 Å². The lowest BCUT2D eigenvalue weighted by atomic mass is 10.2. The Morgan fingerprint density at radius 1 is 1.27 bits per heavy atom. The molecule has 0 bridgehead atoms. The van der Waals surface area contributed by atoms with E-state index < -0.39 is 11.6 Å². The number of benzene rings is 1. The molecule has 7 heteroatoms. The zero-order chi connectivity index (χ0) is 10.7. The Labute approximate surface area is 88.1 Å². The molecule has 4 nitrogen and oxygen atoms in total. The molecule has 78 valence electrons. The van der Waals surface area contributed by atoms with E-state index in [0.29, 0.717) is 17.2 Å². The fourth-order valence-electron chi connectivity index (χ4n) is 1.03. The third-order valence-corrected chi connectivity index (χ3v) is 2.28. The predicted octanol–water partition coefficient (Wildman–Crippen LogP) is 1.82. The molecule has 0 saturated carbocycles. The Morgan fingerprint density at radius 3 is 2.80 bits per heavy atom. The number of nitrogens with zero attached hydrogens (tertiary/aromatic N) is 3. The smallest absolute Gasteiger partial charge is 0.225 e. The van der Waals surface area contributed by atoms with E-state index >= 15 is 0 Å². The highest BCUT2D eigenvalue weighted by molar-refractivity contribution is 7.09. The second-order valence-corrected chi connectivity index (χ2v) is 3.50. The number of nitrogens with one attached hydrogen (secondary N) is 1. The fraction of sp³-hybridized carbons (Fsp3) is 0.125. The Bertz CT molecular complexity index is 446. The Kier molecular flexibility index (Phi) is 2.82. The average molecular weight is 228 g/mol. The summed E-state index contributed by atoms with van der Waals surface area (Å²) in [6, 6.07) is 3.72. The first kappa shape index (κ1) is 9.91. The van der Waals surface area contributed by atoms with Crippen molar-refractivity contribution in [1.29, 1.82) is 0 Å². The number of rotatable bonds is 3. The van der Waals surface area contributed by atoms with Gasteiger partial charge in [0.1, 0.15) is 0 Å². The summed E-state index contributed by atoms with van der Waals surface area (Å²) < 4.78 is 28.9. The summed E-state index contributed by atoms with van der Waals surface area (Å²) in [6.45, 7) is 0.355. The van der Waals surface area contributed by atoms with Gasteiger partial charge < -0.3 is 5.32 Å². The highest BCUT2D eigenvalue weighted by Gasteiger charge is 2.03. The van der Waals surface area contributed by atoms with Gasteiger partial charge in [0.15, 0.2) is 11.6 Å². The molecule has 0 unspecified atom stereocenters. The van der Waals surface area contributed by atoms with E-state index in [1.807, 2.05) is 0 Å². The molecule has 1 heterocycles. The molecule has 2 rings (SSSR count). The van der Waals surface area contributed by atoms with E-state index in [1.165, 1.54) is 6.07 Å². The van der Waals surface area contributed by atoms with E-state index in [4.69, 9.17) is 0 Å². The van der Waals surface area contributed by atoms with Crippen molar-refractivity contribution in [3.05, 3.63) is 35.4 Å². The van der Waals surface area contributed by atoms with Gasteiger partial charge in [0.2, 0.25) is 5.13 Å². The highest BCUT2D eigenvalue weighted by Crippen LogP contribution is 2.11. The molecular weight excluding hydrogens is 222 g/mol. The molecule has 0 aliphatic rings. The minimum absolute atomic E-state index is 0.355. The molecule has 0 atom stereocenters. The highest BCUT2D eigenvalue weighted by atomic mass is 32.1. The lowest BCUT2D eigenvalue weighted by molar-refractivity contribution is 0.507. The third kappa shape index (κ3) is 2.44. The molecule has 1 aromatic carbocycles. The maximum Gasteiger partial charge on any atom is 0.225 e. The normalized spacial score (nSPS) is 10.3. The molecule has 15 heavy (non-hydrogen) atoms. The molecule has 0 aliphatic heterocycles. The molecule has 0 aliphatic carbocycles. The van der Waals surface area contributed by atoms with Crippen LogP contribution in [0.5, 0.6) is 0 Å².